The van der Waals surface area contributed by atoms with Gasteiger partial charge in [-0.05, 0) is 31.0 Å². The Kier molecular flexibility index (Phi) is 3.91. The Hall–Kier alpha value is -0.840. The maximum Gasteiger partial charge on any atom is 0.196 e. The fraction of sp³-hybridized carbons (Fsp3) is 0.357. The quantitative estimate of drug-likeness (QED) is 0.891. The van der Waals surface area contributed by atoms with Crippen molar-refractivity contribution in [1.29, 1.82) is 0 Å². The van der Waals surface area contributed by atoms with Crippen molar-refractivity contribution >= 4 is 27.5 Å². The van der Waals surface area contributed by atoms with Gasteiger partial charge in [0, 0.05) is 34.1 Å². The largest absolute Gasteiger partial charge is 0.441 e. The molecule has 0 amide bonds. The van der Waals surface area contributed by atoms with E-state index in [-0.39, 0.29) is 0 Å². The molecule has 2 aromatic rings. The van der Waals surface area contributed by atoms with E-state index in [2.05, 4.69) is 26.2 Å². The first-order valence-electron chi connectivity index (χ1n) is 6.36. The molecule has 0 unspecified atom stereocenters. The Balaban J connectivity index is 1.70. The molecule has 1 aliphatic rings. The van der Waals surface area contributed by atoms with Crippen molar-refractivity contribution in [1.82, 2.24) is 10.3 Å². The lowest BCUT2D eigenvalue weighted by Gasteiger charge is -2.01. The van der Waals surface area contributed by atoms with E-state index in [1.807, 2.05) is 18.2 Å². The number of aromatic nitrogens is 1. The lowest BCUT2D eigenvalue weighted by atomic mass is 10.2. The van der Waals surface area contributed by atoms with Gasteiger partial charge in [0.05, 0.1) is 6.20 Å². The molecule has 3 rings (SSSR count). The Morgan fingerprint density at radius 1 is 1.42 bits per heavy atom. The molecule has 1 heterocycles. The zero-order valence-corrected chi connectivity index (χ0v) is 12.7. The highest BCUT2D eigenvalue weighted by molar-refractivity contribution is 9.10. The molecule has 19 heavy (non-hydrogen) atoms. The standard InChI is InChI=1S/C14H14BrClN2O/c15-12-4-1-9(16)7-11(12)13-8-18-14(19-13)5-6-17-10-2-3-10/h1,4,7-8,10,17H,2-3,5-6H2. The Morgan fingerprint density at radius 2 is 2.26 bits per heavy atom. The van der Waals surface area contributed by atoms with Crippen molar-refractivity contribution in [2.24, 2.45) is 0 Å². The van der Waals surface area contributed by atoms with Gasteiger partial charge in [-0.3, -0.25) is 0 Å². The van der Waals surface area contributed by atoms with Gasteiger partial charge in [0.15, 0.2) is 11.7 Å². The smallest absolute Gasteiger partial charge is 0.196 e. The van der Waals surface area contributed by atoms with Gasteiger partial charge in [-0.15, -0.1) is 0 Å². The maximum atomic E-state index is 6.01. The molecule has 1 aromatic carbocycles. The second-order valence-electron chi connectivity index (χ2n) is 4.72. The predicted molar refractivity (Wildman–Crippen MR) is 79.4 cm³/mol. The summed E-state index contributed by atoms with van der Waals surface area (Å²) in [7, 11) is 0. The number of hydrogen-bond acceptors (Lipinski definition) is 3. The Bertz CT molecular complexity index is 581. The molecule has 0 spiro atoms. The van der Waals surface area contributed by atoms with E-state index in [0.29, 0.717) is 5.02 Å². The molecule has 3 nitrogen and oxygen atoms in total. The first kappa shape index (κ1) is 13.2. The van der Waals surface area contributed by atoms with Crippen LogP contribution < -0.4 is 5.32 Å². The highest BCUT2D eigenvalue weighted by Crippen LogP contribution is 2.31. The molecule has 1 aromatic heterocycles. The fourth-order valence-electron chi connectivity index (χ4n) is 1.91. The number of nitrogens with zero attached hydrogens (tertiary/aromatic N) is 1. The molecule has 0 aliphatic heterocycles. The van der Waals surface area contributed by atoms with Crippen molar-refractivity contribution in [3.63, 3.8) is 0 Å². The van der Waals surface area contributed by atoms with Crippen molar-refractivity contribution < 1.29 is 4.42 Å². The lowest BCUT2D eigenvalue weighted by Crippen LogP contribution is -2.19. The zero-order chi connectivity index (χ0) is 13.2. The van der Waals surface area contributed by atoms with E-state index in [9.17, 15) is 0 Å². The Labute approximate surface area is 125 Å². The third-order valence-electron chi connectivity index (χ3n) is 3.10. The first-order chi connectivity index (χ1) is 9.22. The van der Waals surface area contributed by atoms with Gasteiger partial charge < -0.3 is 9.73 Å². The van der Waals surface area contributed by atoms with Crippen LogP contribution in [0.3, 0.4) is 0 Å². The predicted octanol–water partition coefficient (Wildman–Crippen LogP) is 4.05. The monoisotopic (exact) mass is 340 g/mol. The van der Waals surface area contributed by atoms with Gasteiger partial charge in [-0.25, -0.2) is 4.98 Å². The zero-order valence-electron chi connectivity index (χ0n) is 10.3. The molecule has 5 heteroatoms. The van der Waals surface area contributed by atoms with E-state index >= 15 is 0 Å². The third-order valence-corrected chi connectivity index (χ3v) is 4.02. The van der Waals surface area contributed by atoms with E-state index in [4.69, 9.17) is 16.0 Å². The van der Waals surface area contributed by atoms with E-state index in [1.54, 1.807) is 6.20 Å². The molecular weight excluding hydrogens is 328 g/mol. The summed E-state index contributed by atoms with van der Waals surface area (Å²) in [4.78, 5) is 4.31. The highest BCUT2D eigenvalue weighted by atomic mass is 79.9. The van der Waals surface area contributed by atoms with Gasteiger partial charge >= 0.3 is 0 Å². The topological polar surface area (TPSA) is 38.1 Å². The van der Waals surface area contributed by atoms with Gasteiger partial charge in [0.25, 0.3) is 0 Å². The van der Waals surface area contributed by atoms with Crippen LogP contribution in [0.1, 0.15) is 18.7 Å². The van der Waals surface area contributed by atoms with Gasteiger partial charge in [0.1, 0.15) is 0 Å². The molecule has 0 atom stereocenters. The fourth-order valence-corrected chi connectivity index (χ4v) is 2.52. The summed E-state index contributed by atoms with van der Waals surface area (Å²) in [5, 5.41) is 4.13. The van der Waals surface area contributed by atoms with Gasteiger partial charge in [0.2, 0.25) is 0 Å². The molecule has 1 aliphatic carbocycles. The van der Waals surface area contributed by atoms with Crippen LogP contribution in [0.25, 0.3) is 11.3 Å². The molecule has 0 saturated heterocycles. The van der Waals surface area contributed by atoms with Crippen molar-refractivity contribution in [2.45, 2.75) is 25.3 Å². The third kappa shape index (κ3) is 3.38. The summed E-state index contributed by atoms with van der Waals surface area (Å²) >= 11 is 9.50. The molecule has 0 bridgehead atoms. The average molecular weight is 342 g/mol. The van der Waals surface area contributed by atoms with Gasteiger partial charge in [-0.1, -0.05) is 27.5 Å². The number of nitrogens with one attached hydrogen (secondary N) is 1. The average Bonchev–Trinajstić information content (AvgIpc) is 3.10. The highest BCUT2D eigenvalue weighted by Gasteiger charge is 2.20. The van der Waals surface area contributed by atoms with Crippen molar-refractivity contribution in [2.75, 3.05) is 6.54 Å². The van der Waals surface area contributed by atoms with Gasteiger partial charge in [-0.2, -0.15) is 0 Å². The maximum absolute atomic E-state index is 6.01. The molecule has 0 radical (unpaired) electrons. The lowest BCUT2D eigenvalue weighted by molar-refractivity contribution is 0.494. The number of halogens is 2. The SMILES string of the molecule is Clc1ccc(Br)c(-c2cnc(CCNC3CC3)o2)c1. The molecule has 1 fully saturated rings. The number of oxazole rings is 1. The van der Waals surface area contributed by atoms with Crippen molar-refractivity contribution in [3.05, 3.63) is 39.8 Å². The summed E-state index contributed by atoms with van der Waals surface area (Å²) in [6.07, 6.45) is 5.16. The summed E-state index contributed by atoms with van der Waals surface area (Å²) in [5.41, 5.74) is 0.932. The first-order valence-corrected chi connectivity index (χ1v) is 7.53. The van der Waals surface area contributed by atoms with E-state index < -0.39 is 0 Å². The van der Waals surface area contributed by atoms with Crippen LogP contribution in [0.2, 0.25) is 5.02 Å². The van der Waals surface area contributed by atoms with Crippen LogP contribution in [0.4, 0.5) is 0 Å². The number of rotatable bonds is 5. The molecule has 1 N–H and O–H groups in total. The van der Waals surface area contributed by atoms with Crippen LogP contribution in [-0.2, 0) is 6.42 Å². The normalized spacial score (nSPS) is 14.8. The van der Waals surface area contributed by atoms with Crippen LogP contribution >= 0.6 is 27.5 Å². The van der Waals surface area contributed by atoms with Crippen LogP contribution in [0.5, 0.6) is 0 Å². The molecular formula is C14H14BrClN2O. The molecule has 100 valence electrons. The Morgan fingerprint density at radius 3 is 3.05 bits per heavy atom. The minimum absolute atomic E-state index is 0.687. The van der Waals surface area contributed by atoms with E-state index in [0.717, 1.165) is 40.7 Å². The summed E-state index contributed by atoms with van der Waals surface area (Å²) in [5.74, 6) is 1.51. The number of hydrogen-bond donors (Lipinski definition) is 1. The minimum Gasteiger partial charge on any atom is -0.441 e. The minimum atomic E-state index is 0.687. The van der Waals surface area contributed by atoms with Crippen LogP contribution in [0, 0.1) is 0 Å². The summed E-state index contributed by atoms with van der Waals surface area (Å²) < 4.78 is 6.72. The van der Waals surface area contributed by atoms with Crippen LogP contribution in [-0.4, -0.2) is 17.6 Å². The second kappa shape index (κ2) is 5.65. The van der Waals surface area contributed by atoms with Crippen molar-refractivity contribution in [3.8, 4) is 11.3 Å². The summed E-state index contributed by atoms with van der Waals surface area (Å²) in [6, 6.07) is 6.34. The second-order valence-corrected chi connectivity index (χ2v) is 6.01. The number of benzene rings is 1. The van der Waals surface area contributed by atoms with E-state index in [1.165, 1.54) is 12.8 Å². The van der Waals surface area contributed by atoms with Crippen LogP contribution in [0.15, 0.2) is 33.3 Å². The molecule has 1 saturated carbocycles. The summed E-state index contributed by atoms with van der Waals surface area (Å²) in [6.45, 7) is 0.918.